The maximum atomic E-state index is 14.6. The summed E-state index contributed by atoms with van der Waals surface area (Å²) in [5.74, 6) is 6.37. The molecule has 4 rings (SSSR count). The van der Waals surface area contributed by atoms with Gasteiger partial charge in [-0.3, -0.25) is 0 Å². The monoisotopic (exact) mass is 353 g/mol. The lowest BCUT2D eigenvalue weighted by Crippen LogP contribution is -2.18. The first-order chi connectivity index (χ1) is 12.7. The fourth-order valence-corrected chi connectivity index (χ4v) is 3.16. The summed E-state index contributed by atoms with van der Waals surface area (Å²) in [5, 5.41) is 6.41. The Morgan fingerprint density at radius 3 is 3.08 bits per heavy atom. The number of aromatic amines is 1. The number of rotatable bonds is 4. The predicted molar refractivity (Wildman–Crippen MR) is 99.3 cm³/mol. The third-order valence-electron chi connectivity index (χ3n) is 4.47. The van der Waals surface area contributed by atoms with E-state index in [-0.39, 0.29) is 18.1 Å². The van der Waals surface area contributed by atoms with Crippen molar-refractivity contribution in [2.45, 2.75) is 19.3 Å². The van der Waals surface area contributed by atoms with Crippen molar-refractivity contribution in [1.82, 2.24) is 10.3 Å². The topological polar surface area (TPSA) is 61.6 Å². The first kappa shape index (κ1) is 16.7. The fraction of sp³-hybridized carbons (Fsp3) is 0.300. The van der Waals surface area contributed by atoms with Gasteiger partial charge in [-0.2, -0.15) is 0 Å². The van der Waals surface area contributed by atoms with Crippen LogP contribution in [0.25, 0.3) is 11.6 Å². The van der Waals surface area contributed by atoms with Crippen molar-refractivity contribution >= 4 is 17.3 Å². The van der Waals surface area contributed by atoms with Gasteiger partial charge in [-0.15, -0.1) is 0 Å². The van der Waals surface area contributed by atoms with Gasteiger partial charge >= 0.3 is 0 Å². The second kappa shape index (κ2) is 6.87. The summed E-state index contributed by atoms with van der Waals surface area (Å²) in [6, 6.07) is 5.03. The zero-order chi connectivity index (χ0) is 18.1. The summed E-state index contributed by atoms with van der Waals surface area (Å²) in [6.07, 6.45) is 3.56. The number of hydrogen-bond acceptors (Lipinski definition) is 4. The van der Waals surface area contributed by atoms with Gasteiger partial charge in [-0.25, -0.2) is 4.39 Å². The molecule has 1 aromatic carbocycles. The average Bonchev–Trinajstić information content (AvgIpc) is 3.28. The maximum Gasteiger partial charge on any atom is 0.159 e. The molecular formula is C20H20FN3O2. The number of aromatic nitrogens is 1. The first-order valence-electron chi connectivity index (χ1n) is 8.60. The van der Waals surface area contributed by atoms with Crippen LogP contribution in [0.3, 0.4) is 0 Å². The second-order valence-corrected chi connectivity index (χ2v) is 6.11. The van der Waals surface area contributed by atoms with Crippen molar-refractivity contribution in [3.8, 4) is 17.6 Å². The van der Waals surface area contributed by atoms with Gasteiger partial charge in [0.1, 0.15) is 17.7 Å². The molecule has 26 heavy (non-hydrogen) atoms. The Morgan fingerprint density at radius 2 is 2.27 bits per heavy atom. The van der Waals surface area contributed by atoms with Crippen LogP contribution in [0.5, 0.6) is 5.75 Å². The first-order valence-corrected chi connectivity index (χ1v) is 8.60. The molecule has 0 spiro atoms. The number of fused-ring (bicyclic) bond motifs is 2. The van der Waals surface area contributed by atoms with E-state index in [9.17, 15) is 4.39 Å². The molecule has 0 amide bonds. The number of H-pyrrole nitrogens is 1. The van der Waals surface area contributed by atoms with Crippen LogP contribution >= 0.6 is 0 Å². The number of methoxy groups -OCH3 is 1. The van der Waals surface area contributed by atoms with Gasteiger partial charge in [0.25, 0.3) is 0 Å². The van der Waals surface area contributed by atoms with Gasteiger partial charge < -0.3 is 25.1 Å². The van der Waals surface area contributed by atoms with Crippen molar-refractivity contribution in [2.24, 2.45) is 0 Å². The summed E-state index contributed by atoms with van der Waals surface area (Å²) in [6.45, 7) is 3.34. The molecule has 0 saturated carbocycles. The fourth-order valence-electron chi connectivity index (χ4n) is 3.16. The highest BCUT2D eigenvalue weighted by Crippen LogP contribution is 2.46. The van der Waals surface area contributed by atoms with Crippen LogP contribution in [0.1, 0.15) is 23.7 Å². The van der Waals surface area contributed by atoms with Gasteiger partial charge in [0.15, 0.2) is 6.23 Å². The van der Waals surface area contributed by atoms with Crippen LogP contribution in [0, 0.1) is 17.7 Å². The Labute approximate surface area is 151 Å². The third kappa shape index (κ3) is 2.96. The summed E-state index contributed by atoms with van der Waals surface area (Å²) >= 11 is 0. The smallest absolute Gasteiger partial charge is 0.159 e. The minimum Gasteiger partial charge on any atom is -0.495 e. The van der Waals surface area contributed by atoms with E-state index < -0.39 is 0 Å². The lowest BCUT2D eigenvalue weighted by atomic mass is 9.91. The zero-order valence-electron chi connectivity index (χ0n) is 14.7. The van der Waals surface area contributed by atoms with Gasteiger partial charge in [0.2, 0.25) is 0 Å². The molecular weight excluding hydrogens is 333 g/mol. The van der Waals surface area contributed by atoms with Gasteiger partial charge in [0, 0.05) is 17.4 Å². The molecule has 1 aromatic heterocycles. The Morgan fingerprint density at radius 1 is 1.38 bits per heavy atom. The summed E-state index contributed by atoms with van der Waals surface area (Å²) in [7, 11) is 1.62. The van der Waals surface area contributed by atoms with E-state index in [1.807, 2.05) is 19.1 Å². The number of nitrogens with one attached hydrogen (secondary N) is 3. The molecule has 5 nitrogen and oxygen atoms in total. The number of anilines is 1. The predicted octanol–water partition coefficient (Wildman–Crippen LogP) is 2.81. The molecule has 2 atom stereocenters. The van der Waals surface area contributed by atoms with Crippen molar-refractivity contribution < 1.29 is 13.9 Å². The third-order valence-corrected chi connectivity index (χ3v) is 4.47. The SMILES string of the molecule is CCNCC#Cc1c(F)ccc2c1/C(=C/c1[nH]ccc1OC)C1OC1N2. The molecule has 2 aliphatic heterocycles. The molecule has 0 bridgehead atoms. The van der Waals surface area contributed by atoms with Crippen LogP contribution in [-0.4, -0.2) is 37.5 Å². The van der Waals surface area contributed by atoms with Gasteiger partial charge in [0.05, 0.1) is 24.9 Å². The van der Waals surface area contributed by atoms with E-state index in [0.717, 1.165) is 34.8 Å². The Bertz CT molecular complexity index is 923. The lowest BCUT2D eigenvalue weighted by Gasteiger charge is -2.19. The molecule has 3 heterocycles. The molecule has 2 unspecified atom stereocenters. The number of benzene rings is 1. The minimum absolute atomic E-state index is 0.0808. The van der Waals surface area contributed by atoms with Crippen LogP contribution in [0.4, 0.5) is 10.1 Å². The Balaban J connectivity index is 1.82. The van der Waals surface area contributed by atoms with Crippen molar-refractivity contribution in [2.75, 3.05) is 25.5 Å². The molecule has 0 aliphatic carbocycles. The van der Waals surface area contributed by atoms with Gasteiger partial charge in [-0.05, 0) is 36.4 Å². The molecule has 1 saturated heterocycles. The molecule has 134 valence electrons. The van der Waals surface area contributed by atoms with Crippen LogP contribution in [-0.2, 0) is 4.74 Å². The standard InChI is InChI=1S/C20H20FN3O2/c1-3-22-9-4-5-12-14(21)6-7-15-18(12)13(19-20(24-15)26-19)11-16-17(25-2)8-10-23-16/h6-8,10-11,19-20,22-24H,3,9H2,1-2H3/b13-11-. The number of epoxide rings is 1. The molecule has 3 N–H and O–H groups in total. The minimum atomic E-state index is -0.335. The Kier molecular flexibility index (Phi) is 4.41. The Hall–Kier alpha value is -2.75. The summed E-state index contributed by atoms with van der Waals surface area (Å²) in [5.41, 5.74) is 3.69. The maximum absolute atomic E-state index is 14.6. The molecule has 6 heteroatoms. The number of ether oxygens (including phenoxy) is 2. The molecule has 2 aliphatic rings. The quantitative estimate of drug-likeness (QED) is 0.449. The van der Waals surface area contributed by atoms with Crippen LogP contribution < -0.4 is 15.4 Å². The van der Waals surface area contributed by atoms with E-state index in [4.69, 9.17) is 9.47 Å². The van der Waals surface area contributed by atoms with E-state index in [2.05, 4.69) is 27.5 Å². The van der Waals surface area contributed by atoms with Crippen molar-refractivity contribution in [3.63, 3.8) is 0 Å². The lowest BCUT2D eigenvalue weighted by molar-refractivity contribution is 0.409. The van der Waals surface area contributed by atoms with E-state index in [1.54, 1.807) is 19.4 Å². The summed E-state index contributed by atoms with van der Waals surface area (Å²) in [4.78, 5) is 3.15. The van der Waals surface area contributed by atoms with Crippen LogP contribution in [0.15, 0.2) is 24.4 Å². The highest BCUT2D eigenvalue weighted by atomic mass is 19.1. The van der Waals surface area contributed by atoms with Crippen molar-refractivity contribution in [3.05, 3.63) is 47.0 Å². The van der Waals surface area contributed by atoms with Gasteiger partial charge in [-0.1, -0.05) is 18.8 Å². The molecule has 2 aromatic rings. The largest absolute Gasteiger partial charge is 0.495 e. The highest BCUT2D eigenvalue weighted by molar-refractivity contribution is 5.95. The number of halogens is 1. The van der Waals surface area contributed by atoms with E-state index in [0.29, 0.717) is 12.1 Å². The average molecular weight is 353 g/mol. The molecule has 1 fully saturated rings. The normalized spacial score (nSPS) is 21.3. The molecule has 0 radical (unpaired) electrons. The van der Waals surface area contributed by atoms with Crippen molar-refractivity contribution in [1.29, 1.82) is 0 Å². The second-order valence-electron chi connectivity index (χ2n) is 6.11. The highest BCUT2D eigenvalue weighted by Gasteiger charge is 2.47. The summed E-state index contributed by atoms with van der Waals surface area (Å²) < 4.78 is 25.7. The van der Waals surface area contributed by atoms with E-state index in [1.165, 1.54) is 6.07 Å². The number of hydrogen-bond donors (Lipinski definition) is 3. The van der Waals surface area contributed by atoms with E-state index >= 15 is 0 Å². The zero-order valence-corrected chi connectivity index (χ0v) is 14.7. The van der Waals surface area contributed by atoms with Crippen LogP contribution in [0.2, 0.25) is 0 Å².